The highest BCUT2D eigenvalue weighted by molar-refractivity contribution is 7.35. The van der Waals surface area contributed by atoms with Crippen molar-refractivity contribution in [2.45, 2.75) is 6.16 Å². The Morgan fingerprint density at radius 3 is 2.31 bits per heavy atom. The monoisotopic (exact) mass is 201 g/mol. The Kier molecular flexibility index (Phi) is 3.17. The lowest BCUT2D eigenvalue weighted by Gasteiger charge is -2.02. The molecule has 0 amide bonds. The van der Waals surface area contributed by atoms with Gasteiger partial charge in [-0.3, -0.25) is 0 Å². The van der Waals surface area contributed by atoms with Crippen molar-refractivity contribution in [3.8, 4) is 0 Å². The summed E-state index contributed by atoms with van der Waals surface area (Å²) in [6, 6.07) is 5.67. The fraction of sp³-hybridized carbons (Fsp3) is 0.143. The summed E-state index contributed by atoms with van der Waals surface area (Å²) in [5, 5.41) is 8.46. The lowest BCUT2D eigenvalue weighted by atomic mass is 10.2. The average molecular weight is 201 g/mol. The number of hydrogen-bond acceptors (Lipinski definition) is 3. The van der Waals surface area contributed by atoms with Crippen molar-refractivity contribution in [2.75, 3.05) is 0 Å². The quantitative estimate of drug-likeness (QED) is 0.579. The predicted octanol–water partition coefficient (Wildman–Crippen LogP) is 0.821. The largest absolute Gasteiger partial charge is 0.801 e. The van der Waals surface area contributed by atoms with Gasteiger partial charge in [0.15, 0.2) is 0 Å². The minimum atomic E-state index is -2.77. The van der Waals surface area contributed by atoms with Gasteiger partial charge >= 0.3 is 5.69 Å². The van der Waals surface area contributed by atoms with Gasteiger partial charge in [-0.2, -0.15) is 0 Å². The van der Waals surface area contributed by atoms with E-state index in [0.29, 0.717) is 5.56 Å². The highest BCUT2D eigenvalue weighted by atomic mass is 31.1. The summed E-state index contributed by atoms with van der Waals surface area (Å²) in [5.74, 6) is 0. The van der Waals surface area contributed by atoms with Gasteiger partial charge in [0.1, 0.15) is 0 Å². The van der Waals surface area contributed by atoms with Gasteiger partial charge in [0.05, 0.1) is 4.91 Å². The Labute approximate surface area is 75.0 Å². The molecule has 1 aromatic carbocycles. The molecule has 6 heteroatoms. The van der Waals surface area contributed by atoms with Crippen LogP contribution in [0.2, 0.25) is 0 Å². The first-order valence-electron chi connectivity index (χ1n) is 3.54. The minimum absolute atomic E-state index is 0.0186. The van der Waals surface area contributed by atoms with E-state index in [1.807, 2.05) is 0 Å². The first-order chi connectivity index (χ1) is 6.09. The van der Waals surface area contributed by atoms with Crippen LogP contribution in [0, 0.1) is 4.91 Å². The summed E-state index contributed by atoms with van der Waals surface area (Å²) in [4.78, 5) is 20.4. The second-order valence-electron chi connectivity index (χ2n) is 2.49. The highest BCUT2D eigenvalue weighted by Crippen LogP contribution is 2.19. The molecule has 0 aliphatic rings. The molecule has 1 aromatic rings. The number of rotatable bonds is 3. The number of nitrogens with zero attached hydrogens (tertiary/aromatic N) is 1. The van der Waals surface area contributed by atoms with E-state index in [0.717, 1.165) is 0 Å². The molecule has 0 bridgehead atoms. The molecule has 1 N–H and O–H groups in total. The Balaban J connectivity index is 2.81. The molecule has 1 rings (SSSR count). The van der Waals surface area contributed by atoms with Crippen molar-refractivity contribution in [2.24, 2.45) is 0 Å². The molecular weight excluding hydrogens is 193 g/mol. The Morgan fingerprint density at radius 2 is 1.92 bits per heavy atom. The van der Waals surface area contributed by atoms with Crippen molar-refractivity contribution in [1.29, 1.82) is 0 Å². The van der Waals surface area contributed by atoms with Crippen LogP contribution in [-0.2, 0) is 10.7 Å². The Hall–Kier alpha value is -1.19. The third kappa shape index (κ3) is 2.97. The van der Waals surface area contributed by atoms with Gasteiger partial charge in [-0.25, -0.2) is 5.21 Å². The number of benzene rings is 1. The molecule has 0 aliphatic carbocycles. The molecule has 0 aromatic heterocycles. The SMILES string of the molecule is O=[N+](O)c1ccc(C[PH](=O)[O-])cc1. The van der Waals surface area contributed by atoms with Crippen LogP contribution in [0.25, 0.3) is 0 Å². The maximum Gasteiger partial charge on any atom is 0.316 e. The van der Waals surface area contributed by atoms with Crippen LogP contribution in [-0.4, -0.2) is 10.1 Å². The van der Waals surface area contributed by atoms with Gasteiger partial charge in [-0.1, -0.05) is 12.1 Å². The summed E-state index contributed by atoms with van der Waals surface area (Å²) in [6.45, 7) is 0. The van der Waals surface area contributed by atoms with Crippen molar-refractivity contribution in [1.82, 2.24) is 0 Å². The molecule has 0 heterocycles. The molecular formula is C7H8NO4P. The van der Waals surface area contributed by atoms with Crippen LogP contribution in [0.4, 0.5) is 5.69 Å². The zero-order chi connectivity index (χ0) is 9.84. The molecule has 13 heavy (non-hydrogen) atoms. The summed E-state index contributed by atoms with van der Waals surface area (Å²) in [6.07, 6.45) is -0.0186. The Morgan fingerprint density at radius 1 is 1.38 bits per heavy atom. The van der Waals surface area contributed by atoms with E-state index in [-0.39, 0.29) is 16.8 Å². The summed E-state index contributed by atoms with van der Waals surface area (Å²) < 4.78 is 10.3. The zero-order valence-corrected chi connectivity index (χ0v) is 7.64. The molecule has 0 radical (unpaired) electrons. The van der Waals surface area contributed by atoms with Crippen LogP contribution in [0.1, 0.15) is 5.56 Å². The molecule has 0 fully saturated rings. The first-order valence-corrected chi connectivity index (χ1v) is 5.07. The fourth-order valence-electron chi connectivity index (χ4n) is 0.908. The predicted molar refractivity (Wildman–Crippen MR) is 44.2 cm³/mol. The zero-order valence-electron chi connectivity index (χ0n) is 6.64. The minimum Gasteiger partial charge on any atom is -0.801 e. The van der Waals surface area contributed by atoms with Gasteiger partial charge in [-0.15, -0.1) is 0 Å². The van der Waals surface area contributed by atoms with Crippen molar-refractivity contribution in [3.63, 3.8) is 0 Å². The molecule has 1 atom stereocenters. The summed E-state index contributed by atoms with van der Waals surface area (Å²) >= 11 is 0. The standard InChI is InChI=1S/C7H8NO4P/c9-8(10)7-3-1-6(2-4-7)5-13(11)12/h1-4,13H,5H2,(H-,9,10,11,12). The molecule has 0 saturated carbocycles. The van der Waals surface area contributed by atoms with E-state index in [1.165, 1.54) is 24.3 Å². The maximum absolute atomic E-state index is 10.3. The normalized spacial score (nSPS) is 12.4. The van der Waals surface area contributed by atoms with Crippen molar-refractivity contribution >= 4 is 13.7 Å². The van der Waals surface area contributed by atoms with Crippen LogP contribution in [0.5, 0.6) is 0 Å². The molecule has 0 saturated heterocycles. The fourth-order valence-corrected chi connectivity index (χ4v) is 1.48. The Bertz CT molecular complexity index is 335. The van der Waals surface area contributed by atoms with Crippen LogP contribution >= 0.6 is 8.03 Å². The van der Waals surface area contributed by atoms with Crippen LogP contribution < -0.4 is 4.89 Å². The lowest BCUT2D eigenvalue weighted by molar-refractivity contribution is -0.729. The van der Waals surface area contributed by atoms with E-state index in [1.54, 1.807) is 0 Å². The van der Waals surface area contributed by atoms with Crippen molar-refractivity contribution < 1.29 is 19.6 Å². The second kappa shape index (κ2) is 4.16. The van der Waals surface area contributed by atoms with Crippen LogP contribution in [0.15, 0.2) is 24.3 Å². The third-order valence-electron chi connectivity index (χ3n) is 1.51. The van der Waals surface area contributed by atoms with Gasteiger partial charge in [-0.05, 0) is 5.56 Å². The molecule has 5 nitrogen and oxygen atoms in total. The summed E-state index contributed by atoms with van der Waals surface area (Å²) in [7, 11) is -2.77. The van der Waals surface area contributed by atoms with E-state index in [2.05, 4.69) is 0 Å². The van der Waals surface area contributed by atoms with E-state index in [9.17, 15) is 14.4 Å². The van der Waals surface area contributed by atoms with Gasteiger partial charge in [0, 0.05) is 26.3 Å². The smallest absolute Gasteiger partial charge is 0.316 e. The van der Waals surface area contributed by atoms with Gasteiger partial charge in [0.2, 0.25) is 0 Å². The number of hydrogen-bond donors (Lipinski definition) is 1. The topological polar surface area (TPSA) is 80.4 Å². The van der Waals surface area contributed by atoms with E-state index >= 15 is 0 Å². The lowest BCUT2D eigenvalue weighted by Crippen LogP contribution is -1.93. The molecule has 1 unspecified atom stereocenters. The maximum atomic E-state index is 10.3. The van der Waals surface area contributed by atoms with Gasteiger partial charge < -0.3 is 9.46 Å². The molecule has 70 valence electrons. The van der Waals surface area contributed by atoms with Crippen LogP contribution in [0.3, 0.4) is 0 Å². The average Bonchev–Trinajstić information content (AvgIpc) is 2.04. The first kappa shape index (κ1) is 9.89. The summed E-state index contributed by atoms with van der Waals surface area (Å²) in [5.41, 5.74) is 0.679. The van der Waals surface area contributed by atoms with Gasteiger partial charge in [0.25, 0.3) is 4.92 Å². The molecule has 0 spiro atoms. The van der Waals surface area contributed by atoms with E-state index in [4.69, 9.17) is 5.21 Å². The van der Waals surface area contributed by atoms with Crippen molar-refractivity contribution in [3.05, 3.63) is 34.7 Å². The second-order valence-corrected chi connectivity index (χ2v) is 3.59. The highest BCUT2D eigenvalue weighted by Gasteiger charge is 2.09. The van der Waals surface area contributed by atoms with E-state index < -0.39 is 8.03 Å². The molecule has 0 aliphatic heterocycles. The third-order valence-corrected chi connectivity index (χ3v) is 2.20.